The highest BCUT2D eigenvalue weighted by atomic mass is 35.5. The van der Waals surface area contributed by atoms with E-state index in [9.17, 15) is 14.9 Å². The third-order valence-corrected chi connectivity index (χ3v) is 7.83. The van der Waals surface area contributed by atoms with Crippen LogP contribution in [0.1, 0.15) is 45.8 Å². The maximum absolute atomic E-state index is 13.8. The molecule has 0 saturated heterocycles. The van der Waals surface area contributed by atoms with Gasteiger partial charge in [0.25, 0.3) is 11.8 Å². The van der Waals surface area contributed by atoms with Crippen LogP contribution in [0.25, 0.3) is 28.1 Å². The lowest BCUT2D eigenvalue weighted by Gasteiger charge is -2.29. The number of fused-ring (bicyclic) bond motifs is 3. The summed E-state index contributed by atoms with van der Waals surface area (Å²) in [7, 11) is 3.08. The van der Waals surface area contributed by atoms with Gasteiger partial charge < -0.3 is 20.1 Å². The second kappa shape index (κ2) is 10.7. The van der Waals surface area contributed by atoms with Gasteiger partial charge in [0, 0.05) is 57.8 Å². The van der Waals surface area contributed by atoms with E-state index in [2.05, 4.69) is 11.1 Å². The average Bonchev–Trinajstić information content (AvgIpc) is 3.35. The number of nitrogens with zero attached hydrogens (tertiary/aromatic N) is 5. The van der Waals surface area contributed by atoms with E-state index < -0.39 is 17.4 Å². The van der Waals surface area contributed by atoms with Gasteiger partial charge in [0.05, 0.1) is 30.1 Å². The van der Waals surface area contributed by atoms with E-state index in [-0.39, 0.29) is 17.9 Å². The van der Waals surface area contributed by atoms with Gasteiger partial charge in [-0.3, -0.25) is 14.6 Å². The summed E-state index contributed by atoms with van der Waals surface area (Å²) >= 11 is 12.7. The first-order chi connectivity index (χ1) is 19.9. The monoisotopic (exact) mass is 604 g/mol. The molecule has 4 aromatic rings. The molecule has 2 N–H and O–H groups in total. The Labute approximate surface area is 252 Å². The first kappa shape index (κ1) is 28.9. The van der Waals surface area contributed by atoms with Crippen LogP contribution in [0, 0.1) is 18.3 Å². The molecule has 0 radical (unpaired) electrons. The van der Waals surface area contributed by atoms with Gasteiger partial charge in [-0.05, 0) is 50.6 Å². The summed E-state index contributed by atoms with van der Waals surface area (Å²) in [5, 5.41) is 15.2. The number of hydrogen-bond acceptors (Lipinski definition) is 7. The van der Waals surface area contributed by atoms with Crippen LogP contribution in [-0.4, -0.2) is 51.2 Å². The van der Waals surface area contributed by atoms with Gasteiger partial charge in [-0.1, -0.05) is 23.2 Å². The predicted molar refractivity (Wildman–Crippen MR) is 158 cm³/mol. The highest BCUT2D eigenvalue weighted by Crippen LogP contribution is 2.47. The number of benzene rings is 2. The Hall–Kier alpha value is -4.59. The Morgan fingerprint density at radius 2 is 1.81 bits per heavy atom. The lowest BCUT2D eigenvalue weighted by molar-refractivity contribution is 0.0688. The Bertz CT molecular complexity index is 1810. The zero-order chi connectivity index (χ0) is 30.5. The number of nitrogens with two attached hydrogens (primary N) is 1. The van der Waals surface area contributed by atoms with Gasteiger partial charge in [-0.2, -0.15) is 10.4 Å². The largest absolute Gasteiger partial charge is 0.496 e. The van der Waals surface area contributed by atoms with Crippen LogP contribution in [-0.2, 0) is 6.61 Å². The van der Waals surface area contributed by atoms with E-state index in [0.717, 1.165) is 0 Å². The first-order valence-electron chi connectivity index (χ1n) is 12.8. The molecule has 0 saturated carbocycles. The molecule has 0 aliphatic carbocycles. The fourth-order valence-corrected chi connectivity index (χ4v) is 5.33. The Morgan fingerprint density at radius 1 is 1.12 bits per heavy atom. The Morgan fingerprint density at radius 3 is 2.43 bits per heavy atom. The minimum atomic E-state index is -1.10. The quantitative estimate of drug-likeness (QED) is 0.303. The third kappa shape index (κ3) is 4.81. The van der Waals surface area contributed by atoms with Gasteiger partial charge >= 0.3 is 0 Å². The zero-order valence-electron chi connectivity index (χ0n) is 23.5. The smallest absolute Gasteiger partial charge is 0.275 e. The fraction of sp³-hybridized carbons (Fsp3) is 0.233. The molecular formula is C30H26Cl2N6O4. The number of hydrogen-bond donors (Lipinski definition) is 1. The molecule has 2 amide bonds. The molecule has 0 bridgehead atoms. The standard InChI is InChI=1S/C30H26Cl2N6O4/c1-15-21(11-35-12-22(15)28(34)39)19-9-20-25(10-24(19)41-5)42-13-23-26(29(40)37(4)30(2,3)14-33)36-38(27(20)23)18-7-16(31)6-17(32)8-18/h6-12H,13H2,1-5H3,(H2,34,39). The van der Waals surface area contributed by atoms with Crippen molar-refractivity contribution in [3.8, 4) is 45.6 Å². The van der Waals surface area contributed by atoms with Crippen LogP contribution in [0.4, 0.5) is 0 Å². The number of methoxy groups -OCH3 is 1. The number of amides is 2. The molecule has 5 rings (SSSR count). The lowest BCUT2D eigenvalue weighted by atomic mass is 9.93. The third-order valence-electron chi connectivity index (χ3n) is 7.39. The van der Waals surface area contributed by atoms with Crippen molar-refractivity contribution in [2.75, 3.05) is 14.2 Å². The van der Waals surface area contributed by atoms with E-state index >= 15 is 0 Å². The number of rotatable bonds is 6. The second-order valence-corrected chi connectivity index (χ2v) is 11.2. The molecule has 214 valence electrons. The normalized spacial score (nSPS) is 12.0. The van der Waals surface area contributed by atoms with E-state index in [0.29, 0.717) is 60.7 Å². The minimum absolute atomic E-state index is 0.0266. The number of carbonyl (C=O) groups is 2. The molecule has 0 fully saturated rings. The summed E-state index contributed by atoms with van der Waals surface area (Å²) in [6.07, 6.45) is 3.04. The number of aromatic nitrogens is 3. The summed E-state index contributed by atoms with van der Waals surface area (Å²) in [6.45, 7) is 5.09. The molecule has 2 aromatic carbocycles. The van der Waals surface area contributed by atoms with E-state index in [1.54, 1.807) is 63.0 Å². The zero-order valence-corrected chi connectivity index (χ0v) is 25.0. The van der Waals surface area contributed by atoms with Crippen molar-refractivity contribution in [3.05, 3.63) is 75.2 Å². The molecule has 2 aromatic heterocycles. The SMILES string of the molecule is COc1cc2c(cc1-c1cncc(C(N)=O)c1C)-c1c(c(C(=O)N(C)C(C)(C)C#N)nn1-c1cc(Cl)cc(Cl)c1)CO2. The van der Waals surface area contributed by atoms with Crippen LogP contribution >= 0.6 is 23.2 Å². The van der Waals surface area contributed by atoms with Crippen molar-refractivity contribution in [1.82, 2.24) is 19.7 Å². The van der Waals surface area contributed by atoms with Gasteiger partial charge in [0.1, 0.15) is 23.6 Å². The fourth-order valence-electron chi connectivity index (χ4n) is 4.81. The number of nitriles is 1. The van der Waals surface area contributed by atoms with Crippen molar-refractivity contribution in [1.29, 1.82) is 5.26 Å². The number of pyridine rings is 1. The maximum atomic E-state index is 13.8. The maximum Gasteiger partial charge on any atom is 0.275 e. The van der Waals surface area contributed by atoms with Gasteiger partial charge in [-0.25, -0.2) is 4.68 Å². The average molecular weight is 605 g/mol. The molecule has 3 heterocycles. The van der Waals surface area contributed by atoms with Crippen LogP contribution in [0.2, 0.25) is 10.0 Å². The first-order valence-corrected chi connectivity index (χ1v) is 13.5. The molecule has 10 nitrogen and oxygen atoms in total. The number of halogens is 2. The lowest BCUT2D eigenvalue weighted by Crippen LogP contribution is -2.44. The van der Waals surface area contributed by atoms with E-state index in [4.69, 9.17) is 43.5 Å². The van der Waals surface area contributed by atoms with Crippen molar-refractivity contribution in [2.24, 2.45) is 5.73 Å². The molecule has 1 aliphatic heterocycles. The van der Waals surface area contributed by atoms with Crippen molar-refractivity contribution in [2.45, 2.75) is 32.9 Å². The van der Waals surface area contributed by atoms with Crippen LogP contribution in [0.15, 0.2) is 42.7 Å². The summed E-state index contributed by atoms with van der Waals surface area (Å²) in [5.74, 6) is -0.0984. The minimum Gasteiger partial charge on any atom is -0.496 e. The van der Waals surface area contributed by atoms with Gasteiger partial charge in [0.2, 0.25) is 0 Å². The second-order valence-electron chi connectivity index (χ2n) is 10.3. The number of primary amides is 1. The summed E-state index contributed by atoms with van der Waals surface area (Å²) in [4.78, 5) is 31.4. The van der Waals surface area contributed by atoms with Crippen LogP contribution in [0.3, 0.4) is 0 Å². The van der Waals surface area contributed by atoms with E-state index in [1.807, 2.05) is 6.07 Å². The summed E-state index contributed by atoms with van der Waals surface area (Å²) in [5.41, 5.74) is 8.95. The summed E-state index contributed by atoms with van der Waals surface area (Å²) in [6, 6.07) is 10.7. The van der Waals surface area contributed by atoms with Gasteiger partial charge in [-0.15, -0.1) is 0 Å². The highest BCUT2D eigenvalue weighted by Gasteiger charge is 2.36. The Kier molecular flexibility index (Phi) is 7.35. The summed E-state index contributed by atoms with van der Waals surface area (Å²) < 4.78 is 13.4. The van der Waals surface area contributed by atoms with Crippen molar-refractivity contribution < 1.29 is 19.1 Å². The van der Waals surface area contributed by atoms with E-state index in [1.165, 1.54) is 18.2 Å². The highest BCUT2D eigenvalue weighted by molar-refractivity contribution is 6.34. The molecule has 12 heteroatoms. The number of carbonyl (C=O) groups excluding carboxylic acids is 2. The number of ether oxygens (including phenoxy) is 2. The molecule has 0 unspecified atom stereocenters. The van der Waals surface area contributed by atoms with Crippen molar-refractivity contribution in [3.63, 3.8) is 0 Å². The predicted octanol–water partition coefficient (Wildman–Crippen LogP) is 5.59. The molecule has 1 aliphatic rings. The topological polar surface area (TPSA) is 136 Å². The van der Waals surface area contributed by atoms with Crippen LogP contribution < -0.4 is 15.2 Å². The van der Waals surface area contributed by atoms with Crippen LogP contribution in [0.5, 0.6) is 11.5 Å². The molecule has 0 spiro atoms. The molecular weight excluding hydrogens is 579 g/mol. The molecule has 42 heavy (non-hydrogen) atoms. The van der Waals surface area contributed by atoms with Crippen molar-refractivity contribution >= 4 is 35.0 Å². The Balaban J connectivity index is 1.81. The molecule has 0 atom stereocenters. The van der Waals surface area contributed by atoms with Gasteiger partial charge in [0.15, 0.2) is 5.69 Å².